The average Bonchev–Trinajstić information content (AvgIpc) is 3.11. The highest BCUT2D eigenvalue weighted by atomic mass is 35.5. The van der Waals surface area contributed by atoms with Crippen LogP contribution in [0.15, 0.2) is 48.5 Å². The minimum absolute atomic E-state index is 0.102. The van der Waals surface area contributed by atoms with Gasteiger partial charge in [0.05, 0.1) is 16.8 Å². The van der Waals surface area contributed by atoms with Crippen molar-refractivity contribution in [3.63, 3.8) is 0 Å². The first-order valence-electron chi connectivity index (χ1n) is 9.28. The molecule has 1 amide bonds. The van der Waals surface area contributed by atoms with E-state index in [2.05, 4.69) is 28.0 Å². The fraction of sp³-hybridized carbons (Fsp3) is 0.381. The number of piperazine rings is 1. The van der Waals surface area contributed by atoms with Gasteiger partial charge in [0.15, 0.2) is 0 Å². The number of carbonyl (C=O) groups excluding carboxylic acids is 1. The maximum atomic E-state index is 13.1. The van der Waals surface area contributed by atoms with Crippen LogP contribution in [0, 0.1) is 0 Å². The number of fused-ring (bicyclic) bond motifs is 1. The molecule has 2 aromatic carbocycles. The van der Waals surface area contributed by atoms with E-state index < -0.39 is 0 Å². The van der Waals surface area contributed by atoms with Crippen molar-refractivity contribution in [2.24, 2.45) is 0 Å². The molecule has 2 aromatic rings. The Bertz CT molecular complexity index is 801. The number of amides is 1. The molecule has 136 valence electrons. The summed E-state index contributed by atoms with van der Waals surface area (Å²) in [6.45, 7) is 6.34. The predicted octanol–water partition coefficient (Wildman–Crippen LogP) is 3.44. The van der Waals surface area contributed by atoms with Crippen LogP contribution in [0.4, 0.5) is 11.4 Å². The van der Waals surface area contributed by atoms with Crippen molar-refractivity contribution in [3.05, 3.63) is 59.1 Å². The molecule has 2 heterocycles. The Labute approximate surface area is 160 Å². The number of anilines is 2. The van der Waals surface area contributed by atoms with Gasteiger partial charge in [0.25, 0.3) is 0 Å². The molecule has 0 unspecified atom stereocenters. The molecular weight excluding hydrogens is 346 g/mol. The van der Waals surface area contributed by atoms with Crippen molar-refractivity contribution in [2.45, 2.75) is 19.4 Å². The van der Waals surface area contributed by atoms with Crippen LogP contribution in [0.2, 0.25) is 5.02 Å². The smallest absolute Gasteiger partial charge is 0.244 e. The number of halogens is 1. The lowest BCUT2D eigenvalue weighted by molar-refractivity contribution is -0.123. The van der Waals surface area contributed by atoms with Crippen LogP contribution in [0.3, 0.4) is 0 Å². The lowest BCUT2D eigenvalue weighted by Gasteiger charge is -2.39. The van der Waals surface area contributed by atoms with Crippen molar-refractivity contribution in [1.82, 2.24) is 4.90 Å². The van der Waals surface area contributed by atoms with Gasteiger partial charge in [-0.15, -0.1) is 0 Å². The highest BCUT2D eigenvalue weighted by molar-refractivity contribution is 6.33. The van der Waals surface area contributed by atoms with Crippen LogP contribution in [0.1, 0.15) is 12.5 Å². The van der Waals surface area contributed by atoms with Gasteiger partial charge in [0.1, 0.15) is 0 Å². The lowest BCUT2D eigenvalue weighted by atomic mass is 10.1. The monoisotopic (exact) mass is 369 g/mol. The number of nitrogens with zero attached hydrogens (tertiary/aromatic N) is 3. The van der Waals surface area contributed by atoms with E-state index in [0.29, 0.717) is 0 Å². The minimum atomic E-state index is -0.102. The SMILES string of the molecule is C[C@H](C(=O)N1CCc2ccccc21)N1CCN(c2ccccc2Cl)CC1. The summed E-state index contributed by atoms with van der Waals surface area (Å²) in [5.41, 5.74) is 3.44. The van der Waals surface area contributed by atoms with Gasteiger partial charge < -0.3 is 9.80 Å². The summed E-state index contributed by atoms with van der Waals surface area (Å²) in [5, 5.41) is 0.791. The number of para-hydroxylation sites is 2. The van der Waals surface area contributed by atoms with E-state index in [9.17, 15) is 4.79 Å². The maximum Gasteiger partial charge on any atom is 0.244 e. The van der Waals surface area contributed by atoms with E-state index in [0.717, 1.165) is 55.5 Å². The molecule has 0 radical (unpaired) electrons. The van der Waals surface area contributed by atoms with Gasteiger partial charge >= 0.3 is 0 Å². The van der Waals surface area contributed by atoms with Crippen LogP contribution >= 0.6 is 11.6 Å². The van der Waals surface area contributed by atoms with Crippen molar-refractivity contribution in [1.29, 1.82) is 0 Å². The van der Waals surface area contributed by atoms with Crippen molar-refractivity contribution in [2.75, 3.05) is 42.5 Å². The molecule has 0 bridgehead atoms. The van der Waals surface area contributed by atoms with Crippen LogP contribution in [-0.4, -0.2) is 49.6 Å². The average molecular weight is 370 g/mol. The molecule has 26 heavy (non-hydrogen) atoms. The summed E-state index contributed by atoms with van der Waals surface area (Å²) in [4.78, 5) is 19.6. The van der Waals surface area contributed by atoms with Gasteiger partial charge in [0, 0.05) is 38.4 Å². The molecule has 1 fully saturated rings. The van der Waals surface area contributed by atoms with Gasteiger partial charge in [0.2, 0.25) is 5.91 Å². The Morgan fingerprint density at radius 1 is 0.923 bits per heavy atom. The van der Waals surface area contributed by atoms with E-state index in [1.165, 1.54) is 5.56 Å². The van der Waals surface area contributed by atoms with Crippen LogP contribution in [-0.2, 0) is 11.2 Å². The first-order chi connectivity index (χ1) is 12.6. The summed E-state index contributed by atoms with van der Waals surface area (Å²) in [6, 6.07) is 16.1. The topological polar surface area (TPSA) is 26.8 Å². The minimum Gasteiger partial charge on any atom is -0.368 e. The summed E-state index contributed by atoms with van der Waals surface area (Å²) in [6.07, 6.45) is 0.953. The van der Waals surface area contributed by atoms with Crippen LogP contribution in [0.25, 0.3) is 0 Å². The van der Waals surface area contributed by atoms with Crippen molar-refractivity contribution >= 4 is 28.9 Å². The van der Waals surface area contributed by atoms with Gasteiger partial charge in [-0.3, -0.25) is 9.69 Å². The van der Waals surface area contributed by atoms with Gasteiger partial charge in [-0.2, -0.15) is 0 Å². The normalized spacial score (nSPS) is 18.7. The summed E-state index contributed by atoms with van der Waals surface area (Å²) in [5.74, 6) is 0.209. The summed E-state index contributed by atoms with van der Waals surface area (Å²) < 4.78 is 0. The van der Waals surface area contributed by atoms with E-state index in [1.807, 2.05) is 42.2 Å². The quantitative estimate of drug-likeness (QED) is 0.829. The molecule has 0 spiro atoms. The molecule has 2 aliphatic heterocycles. The van der Waals surface area contributed by atoms with E-state index in [4.69, 9.17) is 11.6 Å². The number of carbonyl (C=O) groups is 1. The Morgan fingerprint density at radius 3 is 2.31 bits per heavy atom. The third kappa shape index (κ3) is 3.19. The second kappa shape index (κ2) is 7.29. The van der Waals surface area contributed by atoms with Gasteiger partial charge in [-0.25, -0.2) is 0 Å². The molecule has 0 N–H and O–H groups in total. The second-order valence-corrected chi connectivity index (χ2v) is 7.43. The predicted molar refractivity (Wildman–Crippen MR) is 107 cm³/mol. The molecule has 5 heteroatoms. The molecule has 0 aliphatic carbocycles. The molecule has 1 saturated heterocycles. The molecule has 1 atom stereocenters. The standard InChI is InChI=1S/C21H24ClN3O/c1-16(21(26)25-11-10-17-6-2-4-8-19(17)25)23-12-14-24(15-13-23)20-9-5-3-7-18(20)22/h2-9,16H,10-15H2,1H3/t16-/m1/s1. The number of hydrogen-bond acceptors (Lipinski definition) is 3. The van der Waals surface area contributed by atoms with Gasteiger partial charge in [-0.1, -0.05) is 41.9 Å². The van der Waals surface area contributed by atoms with Crippen molar-refractivity contribution in [3.8, 4) is 0 Å². The molecule has 0 saturated carbocycles. The fourth-order valence-corrected chi connectivity index (χ4v) is 4.26. The summed E-state index contributed by atoms with van der Waals surface area (Å²) >= 11 is 6.32. The molecular formula is C21H24ClN3O. The largest absolute Gasteiger partial charge is 0.368 e. The fourth-order valence-electron chi connectivity index (χ4n) is 4.01. The Kier molecular flexibility index (Phi) is 4.88. The molecule has 2 aliphatic rings. The number of rotatable bonds is 3. The van der Waals surface area contributed by atoms with Crippen LogP contribution in [0.5, 0.6) is 0 Å². The van der Waals surface area contributed by atoms with Crippen molar-refractivity contribution < 1.29 is 4.79 Å². The molecule has 4 nitrogen and oxygen atoms in total. The zero-order valence-electron chi connectivity index (χ0n) is 15.1. The zero-order valence-corrected chi connectivity index (χ0v) is 15.8. The Balaban J connectivity index is 1.40. The molecule has 0 aromatic heterocycles. The number of hydrogen-bond donors (Lipinski definition) is 0. The lowest BCUT2D eigenvalue weighted by Crippen LogP contribution is -2.54. The third-order valence-electron chi connectivity index (χ3n) is 5.57. The number of benzene rings is 2. The van der Waals surface area contributed by atoms with E-state index in [-0.39, 0.29) is 11.9 Å². The maximum absolute atomic E-state index is 13.1. The highest BCUT2D eigenvalue weighted by Crippen LogP contribution is 2.29. The highest BCUT2D eigenvalue weighted by Gasteiger charge is 2.32. The Hall–Kier alpha value is -2.04. The Morgan fingerprint density at radius 2 is 1.58 bits per heavy atom. The van der Waals surface area contributed by atoms with Crippen LogP contribution < -0.4 is 9.80 Å². The third-order valence-corrected chi connectivity index (χ3v) is 5.89. The van der Waals surface area contributed by atoms with E-state index >= 15 is 0 Å². The first kappa shape index (κ1) is 17.4. The summed E-state index contributed by atoms with van der Waals surface area (Å²) in [7, 11) is 0. The second-order valence-electron chi connectivity index (χ2n) is 7.02. The first-order valence-corrected chi connectivity index (χ1v) is 9.66. The zero-order chi connectivity index (χ0) is 18.1. The van der Waals surface area contributed by atoms with Gasteiger partial charge in [-0.05, 0) is 37.1 Å². The molecule has 4 rings (SSSR count). The van der Waals surface area contributed by atoms with E-state index in [1.54, 1.807) is 0 Å².